The number of para-hydroxylation sites is 1. The van der Waals surface area contributed by atoms with E-state index >= 15 is 0 Å². The zero-order valence-electron chi connectivity index (χ0n) is 13.0. The monoisotopic (exact) mass is 295 g/mol. The summed E-state index contributed by atoms with van der Waals surface area (Å²) in [7, 11) is 0. The Labute approximate surface area is 130 Å². The summed E-state index contributed by atoms with van der Waals surface area (Å²) in [5, 5.41) is 4.52. The molecule has 4 heteroatoms. The Bertz CT molecular complexity index is 695. The van der Waals surface area contributed by atoms with Gasteiger partial charge in [-0.05, 0) is 26.0 Å². The van der Waals surface area contributed by atoms with Crippen molar-refractivity contribution in [1.29, 1.82) is 0 Å². The molecule has 114 valence electrons. The van der Waals surface area contributed by atoms with Gasteiger partial charge in [0, 0.05) is 48.4 Å². The fraction of sp³-hybridized carbons (Fsp3) is 0.333. The lowest BCUT2D eigenvalue weighted by Gasteiger charge is -2.35. The molecule has 2 unspecified atom stereocenters. The molecule has 1 N–H and O–H groups in total. The molecule has 1 amide bonds. The van der Waals surface area contributed by atoms with Gasteiger partial charge in [0.2, 0.25) is 5.91 Å². The Kier molecular flexibility index (Phi) is 4.20. The SMILES string of the molecule is CC1CN(C(=O)/C=C/c2cccc3cccnc23)CC(C)N1. The van der Waals surface area contributed by atoms with Crippen LogP contribution in [0.3, 0.4) is 0 Å². The van der Waals surface area contributed by atoms with Gasteiger partial charge in [0.25, 0.3) is 0 Å². The molecule has 0 bridgehead atoms. The first-order valence-corrected chi connectivity index (χ1v) is 7.70. The van der Waals surface area contributed by atoms with Crippen LogP contribution in [0.25, 0.3) is 17.0 Å². The Morgan fingerprint density at radius 2 is 1.95 bits per heavy atom. The van der Waals surface area contributed by atoms with E-state index < -0.39 is 0 Å². The fourth-order valence-electron chi connectivity index (χ4n) is 3.04. The van der Waals surface area contributed by atoms with Crippen LogP contribution in [-0.2, 0) is 4.79 Å². The predicted octanol–water partition coefficient (Wildman–Crippen LogP) is 2.46. The second-order valence-electron chi connectivity index (χ2n) is 5.97. The smallest absolute Gasteiger partial charge is 0.246 e. The summed E-state index contributed by atoms with van der Waals surface area (Å²) >= 11 is 0. The number of benzene rings is 1. The van der Waals surface area contributed by atoms with Gasteiger partial charge in [0.1, 0.15) is 0 Å². The Balaban J connectivity index is 1.79. The maximum atomic E-state index is 12.4. The van der Waals surface area contributed by atoms with Crippen LogP contribution < -0.4 is 5.32 Å². The van der Waals surface area contributed by atoms with Crippen LogP contribution in [0.2, 0.25) is 0 Å². The number of hydrogen-bond acceptors (Lipinski definition) is 3. The number of carbonyl (C=O) groups excluding carboxylic acids is 1. The maximum absolute atomic E-state index is 12.4. The summed E-state index contributed by atoms with van der Waals surface area (Å²) in [4.78, 5) is 18.7. The summed E-state index contributed by atoms with van der Waals surface area (Å²) in [6.07, 6.45) is 5.31. The highest BCUT2D eigenvalue weighted by Gasteiger charge is 2.23. The summed E-state index contributed by atoms with van der Waals surface area (Å²) in [5.74, 6) is 0.0631. The first-order valence-electron chi connectivity index (χ1n) is 7.70. The molecular weight excluding hydrogens is 274 g/mol. The number of amides is 1. The highest BCUT2D eigenvalue weighted by molar-refractivity contribution is 5.95. The summed E-state index contributed by atoms with van der Waals surface area (Å²) in [6, 6.07) is 10.6. The second-order valence-corrected chi connectivity index (χ2v) is 5.97. The molecule has 3 rings (SSSR count). The molecule has 1 aromatic carbocycles. The number of rotatable bonds is 2. The Hall–Kier alpha value is -2.20. The topological polar surface area (TPSA) is 45.2 Å². The van der Waals surface area contributed by atoms with Crippen molar-refractivity contribution >= 4 is 22.9 Å². The van der Waals surface area contributed by atoms with E-state index in [1.807, 2.05) is 41.3 Å². The minimum atomic E-state index is 0.0631. The second kappa shape index (κ2) is 6.28. The van der Waals surface area contributed by atoms with Gasteiger partial charge in [0.05, 0.1) is 5.52 Å². The van der Waals surface area contributed by atoms with Gasteiger partial charge in [-0.3, -0.25) is 9.78 Å². The number of pyridine rings is 1. The Morgan fingerprint density at radius 1 is 1.23 bits per heavy atom. The third kappa shape index (κ3) is 3.17. The molecule has 1 fully saturated rings. The zero-order chi connectivity index (χ0) is 15.5. The van der Waals surface area contributed by atoms with Gasteiger partial charge in [-0.2, -0.15) is 0 Å². The molecule has 4 nitrogen and oxygen atoms in total. The molecule has 0 aliphatic carbocycles. The van der Waals surface area contributed by atoms with E-state index in [2.05, 4.69) is 24.1 Å². The third-order valence-corrected chi connectivity index (χ3v) is 3.94. The number of piperazine rings is 1. The highest BCUT2D eigenvalue weighted by Crippen LogP contribution is 2.17. The fourth-order valence-corrected chi connectivity index (χ4v) is 3.04. The molecule has 1 aromatic heterocycles. The third-order valence-electron chi connectivity index (χ3n) is 3.94. The van der Waals surface area contributed by atoms with Crippen LogP contribution in [0.1, 0.15) is 19.4 Å². The van der Waals surface area contributed by atoms with E-state index in [0.29, 0.717) is 12.1 Å². The number of aromatic nitrogens is 1. The number of nitrogens with one attached hydrogen (secondary N) is 1. The molecule has 1 saturated heterocycles. The standard InChI is InChI=1S/C18H21N3O/c1-13-11-21(12-14(2)20-13)17(22)9-8-16-6-3-5-15-7-4-10-19-18(15)16/h3-10,13-14,20H,11-12H2,1-2H3/b9-8+. The van der Waals surface area contributed by atoms with Crippen molar-refractivity contribution in [3.8, 4) is 0 Å². The predicted molar refractivity (Wildman–Crippen MR) is 89.4 cm³/mol. The number of fused-ring (bicyclic) bond motifs is 1. The van der Waals surface area contributed by atoms with Crippen molar-refractivity contribution < 1.29 is 4.79 Å². The van der Waals surface area contributed by atoms with Crippen molar-refractivity contribution in [1.82, 2.24) is 15.2 Å². The van der Waals surface area contributed by atoms with Gasteiger partial charge in [0.15, 0.2) is 0 Å². The van der Waals surface area contributed by atoms with E-state index in [0.717, 1.165) is 29.6 Å². The van der Waals surface area contributed by atoms with Crippen LogP contribution in [0.5, 0.6) is 0 Å². The van der Waals surface area contributed by atoms with Crippen molar-refractivity contribution in [3.05, 3.63) is 48.2 Å². The Morgan fingerprint density at radius 3 is 2.73 bits per heavy atom. The van der Waals surface area contributed by atoms with Crippen molar-refractivity contribution in [3.63, 3.8) is 0 Å². The van der Waals surface area contributed by atoms with E-state index in [4.69, 9.17) is 0 Å². The van der Waals surface area contributed by atoms with Crippen molar-refractivity contribution in [2.24, 2.45) is 0 Å². The highest BCUT2D eigenvalue weighted by atomic mass is 16.2. The molecule has 1 aliphatic heterocycles. The molecule has 2 atom stereocenters. The summed E-state index contributed by atoms with van der Waals surface area (Å²) < 4.78 is 0. The minimum absolute atomic E-state index is 0.0631. The van der Waals surface area contributed by atoms with E-state index in [-0.39, 0.29) is 5.91 Å². The molecule has 0 saturated carbocycles. The molecule has 2 heterocycles. The van der Waals surface area contributed by atoms with E-state index in [1.165, 1.54) is 0 Å². The number of carbonyl (C=O) groups is 1. The minimum Gasteiger partial charge on any atom is -0.336 e. The first kappa shape index (κ1) is 14.7. The molecule has 0 radical (unpaired) electrons. The van der Waals surface area contributed by atoms with Crippen LogP contribution in [0.15, 0.2) is 42.6 Å². The van der Waals surface area contributed by atoms with Crippen LogP contribution in [0, 0.1) is 0 Å². The lowest BCUT2D eigenvalue weighted by molar-refractivity contribution is -0.127. The van der Waals surface area contributed by atoms with Crippen molar-refractivity contribution in [2.75, 3.05) is 13.1 Å². The quantitative estimate of drug-likeness (QED) is 0.866. The van der Waals surface area contributed by atoms with E-state index in [1.54, 1.807) is 12.3 Å². The van der Waals surface area contributed by atoms with Gasteiger partial charge in [-0.1, -0.05) is 24.3 Å². The molecule has 2 aromatic rings. The van der Waals surface area contributed by atoms with Gasteiger partial charge in [-0.15, -0.1) is 0 Å². The van der Waals surface area contributed by atoms with Crippen LogP contribution in [-0.4, -0.2) is 41.0 Å². The first-order chi connectivity index (χ1) is 10.6. The molecule has 0 spiro atoms. The number of nitrogens with zero attached hydrogens (tertiary/aromatic N) is 2. The largest absolute Gasteiger partial charge is 0.336 e. The van der Waals surface area contributed by atoms with Gasteiger partial charge < -0.3 is 10.2 Å². The van der Waals surface area contributed by atoms with Crippen molar-refractivity contribution in [2.45, 2.75) is 25.9 Å². The number of hydrogen-bond donors (Lipinski definition) is 1. The maximum Gasteiger partial charge on any atom is 0.246 e. The van der Waals surface area contributed by atoms with Gasteiger partial charge in [-0.25, -0.2) is 0 Å². The zero-order valence-corrected chi connectivity index (χ0v) is 13.0. The van der Waals surface area contributed by atoms with Gasteiger partial charge >= 0.3 is 0 Å². The van der Waals surface area contributed by atoms with Crippen LogP contribution in [0.4, 0.5) is 0 Å². The normalized spacial score (nSPS) is 22.4. The average Bonchev–Trinajstić information content (AvgIpc) is 2.51. The lowest BCUT2D eigenvalue weighted by atomic mass is 10.1. The lowest BCUT2D eigenvalue weighted by Crippen LogP contribution is -2.55. The van der Waals surface area contributed by atoms with Crippen LogP contribution >= 0.6 is 0 Å². The van der Waals surface area contributed by atoms with E-state index in [9.17, 15) is 4.79 Å². The summed E-state index contributed by atoms with van der Waals surface area (Å²) in [5.41, 5.74) is 1.90. The molecular formula is C18H21N3O. The average molecular weight is 295 g/mol. The molecule has 1 aliphatic rings. The summed E-state index contributed by atoms with van der Waals surface area (Å²) in [6.45, 7) is 5.71. The molecule has 22 heavy (non-hydrogen) atoms.